The summed E-state index contributed by atoms with van der Waals surface area (Å²) in [6, 6.07) is 4.39. The fourth-order valence-corrected chi connectivity index (χ4v) is 1.62. The zero-order chi connectivity index (χ0) is 13.3. The van der Waals surface area contributed by atoms with E-state index in [1.165, 1.54) is 30.1 Å². The molecule has 0 radical (unpaired) electrons. The first-order valence-corrected chi connectivity index (χ1v) is 5.08. The van der Waals surface area contributed by atoms with Crippen LogP contribution in [0.1, 0.15) is 16.5 Å². The SMILES string of the molecule is COC(=O)C(N)n1cnc2cc(C(=O)O)ccc21. The maximum Gasteiger partial charge on any atom is 0.343 e. The highest BCUT2D eigenvalue weighted by atomic mass is 16.5. The van der Waals surface area contributed by atoms with Crippen LogP contribution in [0.4, 0.5) is 0 Å². The van der Waals surface area contributed by atoms with Crippen molar-refractivity contribution in [2.45, 2.75) is 6.17 Å². The van der Waals surface area contributed by atoms with Crippen molar-refractivity contribution < 1.29 is 19.4 Å². The lowest BCUT2D eigenvalue weighted by Crippen LogP contribution is -2.28. The Bertz CT molecular complexity index is 620. The number of imidazole rings is 1. The standard InChI is InChI=1S/C11H11N3O4/c1-18-11(17)9(12)14-5-13-7-4-6(10(15)16)2-3-8(7)14/h2-5,9H,12H2,1H3,(H,15,16). The van der Waals surface area contributed by atoms with Gasteiger partial charge in [-0.1, -0.05) is 0 Å². The molecule has 0 aliphatic carbocycles. The lowest BCUT2D eigenvalue weighted by Gasteiger charge is -2.11. The highest BCUT2D eigenvalue weighted by molar-refractivity contribution is 5.92. The van der Waals surface area contributed by atoms with Gasteiger partial charge in [0, 0.05) is 0 Å². The predicted octanol–water partition coefficient (Wildman–Crippen LogP) is 0.365. The van der Waals surface area contributed by atoms with Gasteiger partial charge in [-0.15, -0.1) is 0 Å². The number of nitrogens with zero attached hydrogens (tertiary/aromatic N) is 2. The van der Waals surface area contributed by atoms with Gasteiger partial charge in [0.2, 0.25) is 0 Å². The molecule has 0 saturated heterocycles. The summed E-state index contributed by atoms with van der Waals surface area (Å²) in [4.78, 5) is 26.2. The van der Waals surface area contributed by atoms with Crippen molar-refractivity contribution in [3.63, 3.8) is 0 Å². The van der Waals surface area contributed by atoms with E-state index in [4.69, 9.17) is 10.8 Å². The number of carbonyl (C=O) groups is 2. The summed E-state index contributed by atoms with van der Waals surface area (Å²) in [5, 5.41) is 8.85. The number of carboxylic acids is 1. The molecule has 3 N–H and O–H groups in total. The molecule has 0 aliphatic rings. The Morgan fingerprint density at radius 3 is 2.83 bits per heavy atom. The molecule has 0 bridgehead atoms. The molecule has 2 aromatic rings. The van der Waals surface area contributed by atoms with Crippen LogP contribution in [0.3, 0.4) is 0 Å². The van der Waals surface area contributed by atoms with Gasteiger partial charge in [-0.3, -0.25) is 0 Å². The van der Waals surface area contributed by atoms with E-state index in [2.05, 4.69) is 9.72 Å². The van der Waals surface area contributed by atoms with Crippen molar-refractivity contribution in [2.75, 3.05) is 7.11 Å². The molecule has 1 heterocycles. The van der Waals surface area contributed by atoms with Crippen molar-refractivity contribution in [1.82, 2.24) is 9.55 Å². The Kier molecular flexibility index (Phi) is 2.99. The maximum atomic E-state index is 11.3. The number of esters is 1. The zero-order valence-corrected chi connectivity index (χ0v) is 9.53. The van der Waals surface area contributed by atoms with Crippen LogP contribution < -0.4 is 5.73 Å². The number of carbonyl (C=O) groups excluding carboxylic acids is 1. The molecule has 18 heavy (non-hydrogen) atoms. The molecule has 1 unspecified atom stereocenters. The minimum Gasteiger partial charge on any atom is -0.478 e. The molecule has 94 valence electrons. The third-order valence-electron chi connectivity index (χ3n) is 2.56. The van der Waals surface area contributed by atoms with Crippen molar-refractivity contribution in [3.8, 4) is 0 Å². The van der Waals surface area contributed by atoms with Gasteiger partial charge in [-0.05, 0) is 18.2 Å². The Morgan fingerprint density at radius 2 is 2.22 bits per heavy atom. The minimum absolute atomic E-state index is 0.124. The van der Waals surface area contributed by atoms with Crippen LogP contribution in [0.15, 0.2) is 24.5 Å². The monoisotopic (exact) mass is 249 g/mol. The number of aromatic carboxylic acids is 1. The largest absolute Gasteiger partial charge is 0.478 e. The Balaban J connectivity index is 2.49. The summed E-state index contributed by atoms with van der Waals surface area (Å²) in [7, 11) is 1.24. The first kappa shape index (κ1) is 12.1. The van der Waals surface area contributed by atoms with Crippen LogP contribution in [-0.2, 0) is 9.53 Å². The van der Waals surface area contributed by atoms with Gasteiger partial charge in [0.05, 0.1) is 30.0 Å². The quantitative estimate of drug-likeness (QED) is 0.760. The predicted molar refractivity (Wildman–Crippen MR) is 61.9 cm³/mol. The molecule has 7 nitrogen and oxygen atoms in total. The van der Waals surface area contributed by atoms with E-state index in [0.29, 0.717) is 11.0 Å². The number of nitrogens with two attached hydrogens (primary N) is 1. The van der Waals surface area contributed by atoms with E-state index in [1.807, 2.05) is 0 Å². The molecule has 1 atom stereocenters. The van der Waals surface area contributed by atoms with Crippen LogP contribution in [0, 0.1) is 0 Å². The molecule has 1 aromatic carbocycles. The number of benzene rings is 1. The van der Waals surface area contributed by atoms with Crippen molar-refractivity contribution >= 4 is 23.0 Å². The Morgan fingerprint density at radius 1 is 1.50 bits per heavy atom. The number of fused-ring (bicyclic) bond motifs is 1. The first-order valence-electron chi connectivity index (χ1n) is 5.08. The molecule has 0 fully saturated rings. The maximum absolute atomic E-state index is 11.3. The van der Waals surface area contributed by atoms with Crippen LogP contribution in [0.25, 0.3) is 11.0 Å². The normalized spacial score (nSPS) is 12.3. The average molecular weight is 249 g/mol. The summed E-state index contributed by atoms with van der Waals surface area (Å²) >= 11 is 0. The Labute approximate surface area is 102 Å². The van der Waals surface area contributed by atoms with Gasteiger partial charge in [0.1, 0.15) is 0 Å². The molecule has 0 spiro atoms. The summed E-state index contributed by atoms with van der Waals surface area (Å²) in [6.45, 7) is 0. The highest BCUT2D eigenvalue weighted by Gasteiger charge is 2.18. The number of hydrogen-bond donors (Lipinski definition) is 2. The first-order chi connectivity index (χ1) is 8.54. The third kappa shape index (κ3) is 1.91. The topological polar surface area (TPSA) is 107 Å². The Hall–Kier alpha value is -2.41. The van der Waals surface area contributed by atoms with Gasteiger partial charge in [0.15, 0.2) is 6.17 Å². The number of ether oxygens (including phenoxy) is 1. The average Bonchev–Trinajstić information content (AvgIpc) is 2.79. The highest BCUT2D eigenvalue weighted by Crippen LogP contribution is 2.17. The van der Waals surface area contributed by atoms with Crippen LogP contribution in [0.2, 0.25) is 0 Å². The molecule has 2 rings (SSSR count). The molecular formula is C11H11N3O4. The fourth-order valence-electron chi connectivity index (χ4n) is 1.62. The summed E-state index contributed by atoms with van der Waals surface area (Å²) < 4.78 is 5.96. The van der Waals surface area contributed by atoms with Crippen LogP contribution in [-0.4, -0.2) is 33.7 Å². The number of carboxylic acid groups (broad SMARTS) is 1. The molecule has 7 heteroatoms. The number of hydrogen-bond acceptors (Lipinski definition) is 5. The number of methoxy groups -OCH3 is 1. The van der Waals surface area contributed by atoms with Gasteiger partial charge in [-0.2, -0.15) is 0 Å². The van der Waals surface area contributed by atoms with E-state index in [0.717, 1.165) is 0 Å². The smallest absolute Gasteiger partial charge is 0.343 e. The van der Waals surface area contributed by atoms with E-state index in [-0.39, 0.29) is 5.56 Å². The van der Waals surface area contributed by atoms with E-state index in [9.17, 15) is 9.59 Å². The van der Waals surface area contributed by atoms with Crippen molar-refractivity contribution in [3.05, 3.63) is 30.1 Å². The van der Waals surface area contributed by atoms with Gasteiger partial charge < -0.3 is 20.1 Å². The van der Waals surface area contributed by atoms with E-state index >= 15 is 0 Å². The lowest BCUT2D eigenvalue weighted by atomic mass is 10.2. The van der Waals surface area contributed by atoms with Gasteiger partial charge in [0.25, 0.3) is 0 Å². The number of rotatable bonds is 3. The zero-order valence-electron chi connectivity index (χ0n) is 9.53. The van der Waals surface area contributed by atoms with E-state index < -0.39 is 18.1 Å². The van der Waals surface area contributed by atoms with Gasteiger partial charge in [-0.25, -0.2) is 14.6 Å². The van der Waals surface area contributed by atoms with Crippen LogP contribution >= 0.6 is 0 Å². The summed E-state index contributed by atoms with van der Waals surface area (Å²) in [5.41, 5.74) is 6.83. The second-order valence-corrected chi connectivity index (χ2v) is 3.63. The van der Waals surface area contributed by atoms with Crippen LogP contribution in [0.5, 0.6) is 0 Å². The fraction of sp³-hybridized carbons (Fsp3) is 0.182. The van der Waals surface area contributed by atoms with E-state index in [1.54, 1.807) is 6.07 Å². The molecule has 0 amide bonds. The summed E-state index contributed by atoms with van der Waals surface area (Å²) in [5.74, 6) is -1.64. The number of aromatic nitrogens is 2. The molecule has 0 aliphatic heterocycles. The van der Waals surface area contributed by atoms with Gasteiger partial charge >= 0.3 is 11.9 Å². The minimum atomic E-state index is -1.04. The lowest BCUT2D eigenvalue weighted by molar-refractivity contribution is -0.144. The molecule has 0 saturated carbocycles. The third-order valence-corrected chi connectivity index (χ3v) is 2.56. The van der Waals surface area contributed by atoms with Crippen molar-refractivity contribution in [2.24, 2.45) is 5.73 Å². The second-order valence-electron chi connectivity index (χ2n) is 3.63. The second kappa shape index (κ2) is 4.46. The molecular weight excluding hydrogens is 238 g/mol. The summed E-state index contributed by atoms with van der Waals surface area (Å²) in [6.07, 6.45) is 0.369. The molecule has 1 aromatic heterocycles. The van der Waals surface area contributed by atoms with Crippen molar-refractivity contribution in [1.29, 1.82) is 0 Å².